The van der Waals surface area contributed by atoms with Crippen molar-refractivity contribution in [3.8, 4) is 11.3 Å². The smallest absolute Gasteiger partial charge is 0.309 e. The average molecular weight is 345 g/mol. The van der Waals surface area contributed by atoms with Crippen LogP contribution in [0.2, 0.25) is 0 Å². The van der Waals surface area contributed by atoms with E-state index in [9.17, 15) is 14.0 Å². The molecule has 132 valence electrons. The number of ether oxygens (including phenoxy) is 1. The Morgan fingerprint density at radius 1 is 1.28 bits per heavy atom. The fourth-order valence-corrected chi connectivity index (χ4v) is 2.95. The molecular formula is C18H20FN3O3. The number of hydrogen-bond acceptors (Lipinski definition) is 4. The predicted octanol–water partition coefficient (Wildman–Crippen LogP) is 2.63. The molecule has 1 fully saturated rings. The Morgan fingerprint density at radius 3 is 2.60 bits per heavy atom. The van der Waals surface area contributed by atoms with Gasteiger partial charge < -0.3 is 9.64 Å². The number of hydrogen-bond donors (Lipinski definition) is 1. The van der Waals surface area contributed by atoms with E-state index in [1.165, 1.54) is 12.1 Å². The topological polar surface area (TPSA) is 75.3 Å². The first-order valence-corrected chi connectivity index (χ1v) is 8.35. The highest BCUT2D eigenvalue weighted by Gasteiger charge is 2.29. The largest absolute Gasteiger partial charge is 0.466 e. The molecular weight excluding hydrogens is 325 g/mol. The molecule has 2 aromatic rings. The van der Waals surface area contributed by atoms with Crippen molar-refractivity contribution in [1.29, 1.82) is 0 Å². The second-order valence-electron chi connectivity index (χ2n) is 5.99. The fourth-order valence-electron chi connectivity index (χ4n) is 2.95. The van der Waals surface area contributed by atoms with Crippen molar-refractivity contribution < 1.29 is 18.7 Å². The van der Waals surface area contributed by atoms with Crippen molar-refractivity contribution in [3.63, 3.8) is 0 Å². The number of aromatic amines is 1. The third-order valence-corrected chi connectivity index (χ3v) is 4.35. The number of benzene rings is 1. The molecule has 1 aromatic carbocycles. The van der Waals surface area contributed by atoms with Crippen molar-refractivity contribution in [3.05, 3.63) is 41.8 Å². The summed E-state index contributed by atoms with van der Waals surface area (Å²) >= 11 is 0. The molecule has 0 bridgehead atoms. The lowest BCUT2D eigenvalue weighted by atomic mass is 9.97. The molecule has 0 aliphatic carbocycles. The molecule has 7 heteroatoms. The number of carbonyl (C=O) groups is 2. The zero-order valence-corrected chi connectivity index (χ0v) is 14.0. The van der Waals surface area contributed by atoms with Gasteiger partial charge in [0.25, 0.3) is 5.91 Å². The average Bonchev–Trinajstić information content (AvgIpc) is 3.12. The molecule has 1 aromatic heterocycles. The molecule has 6 nitrogen and oxygen atoms in total. The molecule has 0 radical (unpaired) electrons. The number of nitrogens with one attached hydrogen (secondary N) is 1. The Balaban J connectivity index is 1.63. The van der Waals surface area contributed by atoms with E-state index < -0.39 is 0 Å². The number of piperidine rings is 1. The maximum atomic E-state index is 13.0. The summed E-state index contributed by atoms with van der Waals surface area (Å²) in [6, 6.07) is 7.60. The van der Waals surface area contributed by atoms with Crippen LogP contribution in [-0.4, -0.2) is 46.7 Å². The zero-order valence-electron chi connectivity index (χ0n) is 14.0. The first-order chi connectivity index (χ1) is 12.1. The maximum Gasteiger partial charge on any atom is 0.309 e. The monoisotopic (exact) mass is 345 g/mol. The highest BCUT2D eigenvalue weighted by molar-refractivity contribution is 5.93. The van der Waals surface area contributed by atoms with Crippen LogP contribution >= 0.6 is 0 Å². The normalized spacial score (nSPS) is 15.2. The van der Waals surface area contributed by atoms with Gasteiger partial charge in [0, 0.05) is 18.7 Å². The lowest BCUT2D eigenvalue weighted by Crippen LogP contribution is -2.40. The van der Waals surface area contributed by atoms with Crippen LogP contribution < -0.4 is 0 Å². The molecule has 0 saturated carbocycles. The highest BCUT2D eigenvalue weighted by Crippen LogP contribution is 2.22. The van der Waals surface area contributed by atoms with E-state index in [0.717, 1.165) is 5.56 Å². The molecule has 2 heterocycles. The summed E-state index contributed by atoms with van der Waals surface area (Å²) in [7, 11) is 0. The van der Waals surface area contributed by atoms with Crippen molar-refractivity contribution in [1.82, 2.24) is 15.1 Å². The molecule has 3 rings (SSSR count). The molecule has 25 heavy (non-hydrogen) atoms. The number of aromatic nitrogens is 2. The minimum atomic E-state index is -0.319. The Kier molecular flexibility index (Phi) is 5.11. The first-order valence-electron chi connectivity index (χ1n) is 8.35. The minimum absolute atomic E-state index is 0.138. The Bertz CT molecular complexity index is 749. The molecule has 1 aliphatic heterocycles. The van der Waals surface area contributed by atoms with Crippen LogP contribution in [0.3, 0.4) is 0 Å². The molecule has 1 N–H and O–H groups in total. The molecule has 0 atom stereocenters. The van der Waals surface area contributed by atoms with E-state index >= 15 is 0 Å². The second-order valence-corrected chi connectivity index (χ2v) is 5.99. The van der Waals surface area contributed by atoms with Crippen LogP contribution in [0.4, 0.5) is 4.39 Å². The predicted molar refractivity (Wildman–Crippen MR) is 89.2 cm³/mol. The van der Waals surface area contributed by atoms with Gasteiger partial charge in [-0.1, -0.05) is 0 Å². The number of nitrogens with zero attached hydrogens (tertiary/aromatic N) is 2. The summed E-state index contributed by atoms with van der Waals surface area (Å²) < 4.78 is 18.0. The van der Waals surface area contributed by atoms with Gasteiger partial charge in [-0.25, -0.2) is 4.39 Å². The van der Waals surface area contributed by atoms with Gasteiger partial charge in [-0.15, -0.1) is 0 Å². The van der Waals surface area contributed by atoms with Crippen molar-refractivity contribution in [2.75, 3.05) is 19.7 Å². The summed E-state index contributed by atoms with van der Waals surface area (Å²) in [5, 5.41) is 6.87. The minimum Gasteiger partial charge on any atom is -0.466 e. The van der Waals surface area contributed by atoms with Crippen LogP contribution in [0.1, 0.15) is 30.3 Å². The van der Waals surface area contributed by atoms with Gasteiger partial charge in [0.05, 0.1) is 18.2 Å². The number of rotatable bonds is 4. The van der Waals surface area contributed by atoms with Gasteiger partial charge >= 0.3 is 5.97 Å². The van der Waals surface area contributed by atoms with Crippen LogP contribution in [0.25, 0.3) is 11.3 Å². The van der Waals surface area contributed by atoms with Crippen LogP contribution in [0, 0.1) is 11.7 Å². The SMILES string of the molecule is CCOC(=O)C1CCN(C(=O)c2cc(-c3ccc(F)cc3)n[nH]2)CC1. The standard InChI is InChI=1S/C18H20FN3O3/c1-2-25-18(24)13-7-9-22(10-8-13)17(23)16-11-15(20-21-16)12-3-5-14(19)6-4-12/h3-6,11,13H,2,7-10H2,1H3,(H,20,21). The first kappa shape index (κ1) is 17.1. The van der Waals surface area contributed by atoms with Crippen LogP contribution in [0.5, 0.6) is 0 Å². The van der Waals surface area contributed by atoms with E-state index in [2.05, 4.69) is 10.2 Å². The third-order valence-electron chi connectivity index (χ3n) is 4.35. The number of esters is 1. The molecule has 0 unspecified atom stereocenters. The lowest BCUT2D eigenvalue weighted by Gasteiger charge is -2.30. The van der Waals surface area contributed by atoms with E-state index in [-0.39, 0.29) is 23.6 Å². The number of halogens is 1. The zero-order chi connectivity index (χ0) is 17.8. The Labute approximate surface area is 145 Å². The maximum absolute atomic E-state index is 13.0. The highest BCUT2D eigenvalue weighted by atomic mass is 19.1. The second kappa shape index (κ2) is 7.46. The number of H-pyrrole nitrogens is 1. The fraction of sp³-hybridized carbons (Fsp3) is 0.389. The van der Waals surface area contributed by atoms with Gasteiger partial charge in [-0.2, -0.15) is 5.10 Å². The number of amides is 1. The summed E-state index contributed by atoms with van der Waals surface area (Å²) in [4.78, 5) is 26.0. The summed E-state index contributed by atoms with van der Waals surface area (Å²) in [5.41, 5.74) is 1.70. The summed E-state index contributed by atoms with van der Waals surface area (Å²) in [6.07, 6.45) is 1.20. The van der Waals surface area contributed by atoms with Gasteiger partial charge in [-0.05, 0) is 50.1 Å². The van der Waals surface area contributed by atoms with Gasteiger partial charge in [0.2, 0.25) is 0 Å². The summed E-state index contributed by atoms with van der Waals surface area (Å²) in [5.74, 6) is -0.793. The van der Waals surface area contributed by atoms with Crippen LogP contribution in [-0.2, 0) is 9.53 Å². The Morgan fingerprint density at radius 2 is 1.96 bits per heavy atom. The lowest BCUT2D eigenvalue weighted by molar-refractivity contribution is -0.149. The van der Waals surface area contributed by atoms with Gasteiger partial charge in [-0.3, -0.25) is 14.7 Å². The van der Waals surface area contributed by atoms with Gasteiger partial charge in [0.1, 0.15) is 11.5 Å². The molecule has 1 aliphatic rings. The Hall–Kier alpha value is -2.70. The van der Waals surface area contributed by atoms with Crippen molar-refractivity contribution in [2.24, 2.45) is 5.92 Å². The van der Waals surface area contributed by atoms with E-state index in [0.29, 0.717) is 43.9 Å². The number of likely N-dealkylation sites (tertiary alicyclic amines) is 1. The number of carbonyl (C=O) groups excluding carboxylic acids is 2. The van der Waals surface area contributed by atoms with E-state index in [4.69, 9.17) is 4.74 Å². The van der Waals surface area contributed by atoms with E-state index in [1.54, 1.807) is 30.0 Å². The van der Waals surface area contributed by atoms with Gasteiger partial charge in [0.15, 0.2) is 0 Å². The third kappa shape index (κ3) is 3.87. The molecule has 0 spiro atoms. The van der Waals surface area contributed by atoms with E-state index in [1.807, 2.05) is 0 Å². The molecule has 1 amide bonds. The summed E-state index contributed by atoms with van der Waals surface area (Å²) in [6.45, 7) is 3.17. The van der Waals surface area contributed by atoms with Crippen molar-refractivity contribution in [2.45, 2.75) is 19.8 Å². The molecule has 1 saturated heterocycles. The quantitative estimate of drug-likeness (QED) is 0.865. The van der Waals surface area contributed by atoms with Crippen molar-refractivity contribution >= 4 is 11.9 Å². The van der Waals surface area contributed by atoms with Crippen LogP contribution in [0.15, 0.2) is 30.3 Å².